The molecule has 0 amide bonds. The summed E-state index contributed by atoms with van der Waals surface area (Å²) < 4.78 is 0. The van der Waals surface area contributed by atoms with Crippen LogP contribution in [-0.4, -0.2) is 5.54 Å². The summed E-state index contributed by atoms with van der Waals surface area (Å²) in [4.78, 5) is 0. The second kappa shape index (κ2) is 4.86. The molecule has 0 aliphatic heterocycles. The van der Waals surface area contributed by atoms with Crippen molar-refractivity contribution < 1.29 is 0 Å². The highest BCUT2D eigenvalue weighted by molar-refractivity contribution is 4.75. The van der Waals surface area contributed by atoms with E-state index in [2.05, 4.69) is 34.6 Å². The highest BCUT2D eigenvalue weighted by atomic mass is 14.7. The van der Waals surface area contributed by atoms with Crippen LogP contribution in [0.25, 0.3) is 0 Å². The van der Waals surface area contributed by atoms with Crippen LogP contribution >= 0.6 is 0 Å². The molecule has 1 nitrogen and oxygen atoms in total. The first-order chi connectivity index (χ1) is 5.35. The lowest BCUT2D eigenvalue weighted by Gasteiger charge is -2.24. The Morgan fingerprint density at radius 2 is 1.67 bits per heavy atom. The normalized spacial score (nSPS) is 17.5. The Morgan fingerprint density at radius 3 is 2.00 bits per heavy atom. The molecule has 0 aromatic carbocycles. The summed E-state index contributed by atoms with van der Waals surface area (Å²) in [5.41, 5.74) is 5.96. The van der Waals surface area contributed by atoms with Gasteiger partial charge >= 0.3 is 0 Å². The summed E-state index contributed by atoms with van der Waals surface area (Å²) in [6, 6.07) is 0. The zero-order valence-electron chi connectivity index (χ0n) is 9.35. The Balaban J connectivity index is 3.66. The first-order valence-corrected chi connectivity index (χ1v) is 5.14. The molecule has 0 aromatic rings. The molecular weight excluding hydrogens is 146 g/mol. The first kappa shape index (κ1) is 12.0. The molecule has 0 bridgehead atoms. The fourth-order valence-corrected chi connectivity index (χ4v) is 1.83. The third kappa shape index (κ3) is 6.66. The standard InChI is InChI=1S/C11H25N/c1-6-9(2)7-10(3)8-11(4,5)12/h9-10H,6-8,12H2,1-5H3. The van der Waals surface area contributed by atoms with Gasteiger partial charge in [-0.25, -0.2) is 0 Å². The Hall–Kier alpha value is -0.0400. The van der Waals surface area contributed by atoms with E-state index in [1.165, 1.54) is 12.8 Å². The molecule has 74 valence electrons. The highest BCUT2D eigenvalue weighted by Gasteiger charge is 2.16. The van der Waals surface area contributed by atoms with Gasteiger partial charge in [0.1, 0.15) is 0 Å². The number of nitrogens with two attached hydrogens (primary N) is 1. The maximum Gasteiger partial charge on any atom is 0.00995 e. The molecule has 0 saturated heterocycles. The summed E-state index contributed by atoms with van der Waals surface area (Å²) in [6.07, 6.45) is 3.74. The molecule has 1 heteroatoms. The molecule has 0 aromatic heterocycles. The number of hydrogen-bond acceptors (Lipinski definition) is 1. The molecule has 0 rings (SSSR count). The van der Waals surface area contributed by atoms with E-state index in [0.717, 1.165) is 18.3 Å². The predicted octanol–water partition coefficient (Wildman–Crippen LogP) is 3.19. The van der Waals surface area contributed by atoms with Crippen LogP contribution in [-0.2, 0) is 0 Å². The van der Waals surface area contributed by atoms with Gasteiger partial charge in [0.2, 0.25) is 0 Å². The third-order valence-corrected chi connectivity index (χ3v) is 2.38. The summed E-state index contributed by atoms with van der Waals surface area (Å²) in [5.74, 6) is 1.61. The van der Waals surface area contributed by atoms with Crippen molar-refractivity contribution in [3.8, 4) is 0 Å². The van der Waals surface area contributed by atoms with Crippen LogP contribution in [0.3, 0.4) is 0 Å². The molecule has 0 spiro atoms. The molecule has 0 heterocycles. The molecule has 2 unspecified atom stereocenters. The van der Waals surface area contributed by atoms with Gasteiger partial charge in [-0.05, 0) is 38.5 Å². The van der Waals surface area contributed by atoms with Gasteiger partial charge in [-0.2, -0.15) is 0 Å². The van der Waals surface area contributed by atoms with Crippen molar-refractivity contribution in [2.75, 3.05) is 0 Å². The van der Waals surface area contributed by atoms with Gasteiger partial charge in [0, 0.05) is 5.54 Å². The zero-order chi connectivity index (χ0) is 9.78. The largest absolute Gasteiger partial charge is 0.326 e. The van der Waals surface area contributed by atoms with Crippen molar-refractivity contribution in [2.45, 2.75) is 59.4 Å². The maximum atomic E-state index is 5.95. The Morgan fingerprint density at radius 1 is 1.17 bits per heavy atom. The Bertz CT molecular complexity index is 113. The van der Waals surface area contributed by atoms with Crippen LogP contribution in [0.2, 0.25) is 0 Å². The third-order valence-electron chi connectivity index (χ3n) is 2.38. The van der Waals surface area contributed by atoms with Gasteiger partial charge < -0.3 is 5.73 Å². The van der Waals surface area contributed by atoms with Crippen LogP contribution in [0.15, 0.2) is 0 Å². The van der Waals surface area contributed by atoms with E-state index in [9.17, 15) is 0 Å². The van der Waals surface area contributed by atoms with E-state index in [1.54, 1.807) is 0 Å². The fourth-order valence-electron chi connectivity index (χ4n) is 1.83. The summed E-state index contributed by atoms with van der Waals surface area (Å²) in [7, 11) is 0. The van der Waals surface area contributed by atoms with Crippen molar-refractivity contribution in [3.63, 3.8) is 0 Å². The van der Waals surface area contributed by atoms with Crippen molar-refractivity contribution in [1.29, 1.82) is 0 Å². The van der Waals surface area contributed by atoms with E-state index >= 15 is 0 Å². The zero-order valence-corrected chi connectivity index (χ0v) is 9.35. The van der Waals surface area contributed by atoms with Gasteiger partial charge in [-0.1, -0.05) is 27.2 Å². The van der Waals surface area contributed by atoms with E-state index in [-0.39, 0.29) is 5.54 Å². The average Bonchev–Trinajstić information content (AvgIpc) is 1.82. The van der Waals surface area contributed by atoms with Gasteiger partial charge in [0.15, 0.2) is 0 Å². The number of hydrogen-bond donors (Lipinski definition) is 1. The maximum absolute atomic E-state index is 5.95. The lowest BCUT2D eigenvalue weighted by atomic mass is 9.86. The average molecular weight is 171 g/mol. The molecule has 2 atom stereocenters. The smallest absolute Gasteiger partial charge is 0.00995 e. The lowest BCUT2D eigenvalue weighted by molar-refractivity contribution is 0.321. The van der Waals surface area contributed by atoms with Crippen LogP contribution in [0, 0.1) is 11.8 Å². The predicted molar refractivity (Wildman–Crippen MR) is 56.1 cm³/mol. The second-order valence-corrected chi connectivity index (χ2v) is 5.05. The summed E-state index contributed by atoms with van der Waals surface area (Å²) in [6.45, 7) is 11.1. The summed E-state index contributed by atoms with van der Waals surface area (Å²) in [5, 5.41) is 0. The molecule has 12 heavy (non-hydrogen) atoms. The Labute approximate surface area is 77.7 Å². The second-order valence-electron chi connectivity index (χ2n) is 5.05. The topological polar surface area (TPSA) is 26.0 Å². The van der Waals surface area contributed by atoms with Gasteiger partial charge in [-0.3, -0.25) is 0 Å². The first-order valence-electron chi connectivity index (χ1n) is 5.14. The van der Waals surface area contributed by atoms with E-state index in [4.69, 9.17) is 5.73 Å². The van der Waals surface area contributed by atoms with Gasteiger partial charge in [0.05, 0.1) is 0 Å². The minimum atomic E-state index is 0.00682. The van der Waals surface area contributed by atoms with Crippen molar-refractivity contribution >= 4 is 0 Å². The minimum absolute atomic E-state index is 0.00682. The van der Waals surface area contributed by atoms with Crippen LogP contribution < -0.4 is 5.73 Å². The van der Waals surface area contributed by atoms with E-state index < -0.39 is 0 Å². The molecule has 0 fully saturated rings. The molecular formula is C11H25N. The quantitative estimate of drug-likeness (QED) is 0.675. The van der Waals surface area contributed by atoms with Crippen LogP contribution in [0.5, 0.6) is 0 Å². The minimum Gasteiger partial charge on any atom is -0.326 e. The Kier molecular flexibility index (Phi) is 4.84. The molecule has 0 aliphatic rings. The van der Waals surface area contributed by atoms with Crippen LogP contribution in [0.4, 0.5) is 0 Å². The molecule has 0 saturated carbocycles. The fraction of sp³-hybridized carbons (Fsp3) is 1.00. The summed E-state index contributed by atoms with van der Waals surface area (Å²) >= 11 is 0. The molecule has 0 radical (unpaired) electrons. The highest BCUT2D eigenvalue weighted by Crippen LogP contribution is 2.21. The molecule has 0 aliphatic carbocycles. The van der Waals surface area contributed by atoms with E-state index in [1.807, 2.05) is 0 Å². The van der Waals surface area contributed by atoms with Gasteiger partial charge in [0.25, 0.3) is 0 Å². The molecule has 2 N–H and O–H groups in total. The lowest BCUT2D eigenvalue weighted by Crippen LogP contribution is -2.34. The van der Waals surface area contributed by atoms with Crippen molar-refractivity contribution in [3.05, 3.63) is 0 Å². The van der Waals surface area contributed by atoms with E-state index in [0.29, 0.717) is 0 Å². The monoisotopic (exact) mass is 171 g/mol. The van der Waals surface area contributed by atoms with Crippen molar-refractivity contribution in [2.24, 2.45) is 17.6 Å². The SMILES string of the molecule is CCC(C)CC(C)CC(C)(C)N. The van der Waals surface area contributed by atoms with Crippen molar-refractivity contribution in [1.82, 2.24) is 0 Å². The number of rotatable bonds is 5. The van der Waals surface area contributed by atoms with Crippen LogP contribution in [0.1, 0.15) is 53.9 Å². The van der Waals surface area contributed by atoms with Gasteiger partial charge in [-0.15, -0.1) is 0 Å².